The number of rotatable bonds is 9. The van der Waals surface area contributed by atoms with Gasteiger partial charge in [-0.1, -0.05) is 63.0 Å². The number of carboxylic acids is 1. The maximum atomic E-state index is 13.2. The summed E-state index contributed by atoms with van der Waals surface area (Å²) in [6, 6.07) is 14.6. The lowest BCUT2D eigenvalue weighted by Crippen LogP contribution is -2.37. The highest BCUT2D eigenvalue weighted by Gasteiger charge is 2.22. The van der Waals surface area contributed by atoms with E-state index >= 15 is 0 Å². The first-order valence-corrected chi connectivity index (χ1v) is 14.0. The Morgan fingerprint density at radius 1 is 0.902 bits per heavy atom. The molecule has 10 heteroatoms. The van der Waals surface area contributed by atoms with Gasteiger partial charge in [0.25, 0.3) is 11.8 Å². The van der Waals surface area contributed by atoms with E-state index in [9.17, 15) is 19.5 Å². The van der Waals surface area contributed by atoms with Crippen LogP contribution in [0, 0.1) is 11.8 Å². The van der Waals surface area contributed by atoms with Gasteiger partial charge in [0.2, 0.25) is 0 Å². The third-order valence-electron chi connectivity index (χ3n) is 6.53. The van der Waals surface area contributed by atoms with Gasteiger partial charge in [0.15, 0.2) is 0 Å². The lowest BCUT2D eigenvalue weighted by Gasteiger charge is -2.26. The van der Waals surface area contributed by atoms with E-state index in [0.29, 0.717) is 40.0 Å². The summed E-state index contributed by atoms with van der Waals surface area (Å²) in [5.74, 6) is -0.780. The van der Waals surface area contributed by atoms with Gasteiger partial charge in [-0.15, -0.1) is 0 Å². The first-order valence-electron chi connectivity index (χ1n) is 13.3. The zero-order valence-electron chi connectivity index (χ0n) is 23.5. The van der Waals surface area contributed by atoms with Crippen LogP contribution in [0.15, 0.2) is 54.6 Å². The van der Waals surface area contributed by atoms with Crippen molar-refractivity contribution in [3.8, 4) is 11.4 Å². The summed E-state index contributed by atoms with van der Waals surface area (Å²) in [5.41, 5.74) is 2.81. The molecule has 4 rings (SSSR count). The molecule has 1 heterocycles. The van der Waals surface area contributed by atoms with E-state index in [-0.39, 0.29) is 34.6 Å². The summed E-state index contributed by atoms with van der Waals surface area (Å²) in [4.78, 5) is 44.8. The molecule has 4 aromatic rings. The van der Waals surface area contributed by atoms with Crippen molar-refractivity contribution < 1.29 is 19.5 Å². The fourth-order valence-corrected chi connectivity index (χ4v) is 4.99. The molecule has 2 amide bonds. The molecule has 0 atom stereocenters. The number of aryl methyl sites for hydroxylation is 1. The van der Waals surface area contributed by atoms with Crippen molar-refractivity contribution in [3.05, 3.63) is 81.3 Å². The van der Waals surface area contributed by atoms with Gasteiger partial charge < -0.3 is 19.9 Å². The van der Waals surface area contributed by atoms with Crippen LogP contribution in [0.25, 0.3) is 22.4 Å². The van der Waals surface area contributed by atoms with Gasteiger partial charge in [0, 0.05) is 36.8 Å². The number of carbonyl (C=O) groups is 3. The number of carbonyl (C=O) groups excluding carboxylic acids is 2. The van der Waals surface area contributed by atoms with Crippen LogP contribution in [0.2, 0.25) is 10.0 Å². The predicted octanol–water partition coefficient (Wildman–Crippen LogP) is 7.25. The van der Waals surface area contributed by atoms with Gasteiger partial charge in [-0.3, -0.25) is 9.59 Å². The van der Waals surface area contributed by atoms with Crippen molar-refractivity contribution in [2.75, 3.05) is 18.4 Å². The fourth-order valence-electron chi connectivity index (χ4n) is 4.68. The summed E-state index contributed by atoms with van der Waals surface area (Å²) in [5, 5.41) is 13.4. The second kappa shape index (κ2) is 12.3. The molecule has 0 bridgehead atoms. The summed E-state index contributed by atoms with van der Waals surface area (Å²) < 4.78 is 1.89. The van der Waals surface area contributed by atoms with Crippen molar-refractivity contribution in [2.45, 2.75) is 27.7 Å². The molecule has 0 aliphatic carbocycles. The van der Waals surface area contributed by atoms with E-state index in [1.165, 1.54) is 12.1 Å². The number of imidazole rings is 1. The van der Waals surface area contributed by atoms with Gasteiger partial charge in [0.1, 0.15) is 5.82 Å². The number of amides is 2. The molecule has 0 fully saturated rings. The number of aromatic carboxylic acids is 1. The van der Waals surface area contributed by atoms with Crippen LogP contribution < -0.4 is 5.32 Å². The number of aromatic nitrogens is 2. The number of halogens is 2. The van der Waals surface area contributed by atoms with Crippen LogP contribution in [0.5, 0.6) is 0 Å². The predicted molar refractivity (Wildman–Crippen MR) is 163 cm³/mol. The Balaban J connectivity index is 1.56. The van der Waals surface area contributed by atoms with Crippen LogP contribution in [0.1, 0.15) is 58.8 Å². The largest absolute Gasteiger partial charge is 0.478 e. The van der Waals surface area contributed by atoms with Crippen molar-refractivity contribution in [2.24, 2.45) is 18.9 Å². The molecule has 8 nitrogen and oxygen atoms in total. The Labute approximate surface area is 248 Å². The van der Waals surface area contributed by atoms with E-state index in [1.54, 1.807) is 47.4 Å². The lowest BCUT2D eigenvalue weighted by atomic mass is 10.0. The number of carboxylic acid groups (broad SMARTS) is 1. The third-order valence-corrected chi connectivity index (χ3v) is 7.25. The Morgan fingerprint density at radius 2 is 1.49 bits per heavy atom. The number of nitrogens with one attached hydrogen (secondary N) is 1. The second-order valence-electron chi connectivity index (χ2n) is 10.8. The van der Waals surface area contributed by atoms with Crippen LogP contribution in [0.3, 0.4) is 0 Å². The minimum absolute atomic E-state index is 0.103. The average molecular weight is 596 g/mol. The van der Waals surface area contributed by atoms with Crippen molar-refractivity contribution in [1.29, 1.82) is 0 Å². The van der Waals surface area contributed by atoms with Crippen LogP contribution >= 0.6 is 23.2 Å². The number of hydrogen-bond donors (Lipinski definition) is 2. The summed E-state index contributed by atoms with van der Waals surface area (Å²) >= 11 is 12.3. The van der Waals surface area contributed by atoms with E-state index in [2.05, 4.69) is 10.3 Å². The Bertz CT molecular complexity index is 1620. The number of nitrogens with zero attached hydrogens (tertiary/aromatic N) is 3. The van der Waals surface area contributed by atoms with Crippen molar-refractivity contribution in [3.63, 3.8) is 0 Å². The molecule has 0 saturated heterocycles. The van der Waals surface area contributed by atoms with E-state index in [0.717, 1.165) is 11.1 Å². The van der Waals surface area contributed by atoms with Gasteiger partial charge in [-0.25, -0.2) is 9.78 Å². The highest BCUT2D eigenvalue weighted by molar-refractivity contribution is 6.42. The van der Waals surface area contributed by atoms with Crippen LogP contribution in [-0.4, -0.2) is 50.4 Å². The average Bonchev–Trinajstić information content (AvgIpc) is 3.22. The Morgan fingerprint density at radius 3 is 2.07 bits per heavy atom. The number of anilines is 1. The van der Waals surface area contributed by atoms with Crippen LogP contribution in [-0.2, 0) is 7.05 Å². The SMILES string of the molecule is CC(C)CN(CC(C)C)C(=O)c1ccc(NC(=O)c2ccc(-c3nc4cc(Cl)c(Cl)cc4n3C)cc2)c(C(=O)O)c1. The summed E-state index contributed by atoms with van der Waals surface area (Å²) in [6.45, 7) is 9.23. The lowest BCUT2D eigenvalue weighted by molar-refractivity contribution is 0.0698. The molecule has 2 N–H and O–H groups in total. The zero-order chi connectivity index (χ0) is 30.0. The fraction of sp³-hybridized carbons (Fsp3) is 0.290. The molecule has 0 radical (unpaired) electrons. The second-order valence-corrected chi connectivity index (χ2v) is 11.7. The van der Waals surface area contributed by atoms with Gasteiger partial charge in [-0.05, 0) is 54.3 Å². The van der Waals surface area contributed by atoms with Crippen molar-refractivity contribution >= 4 is 57.7 Å². The first-order chi connectivity index (χ1) is 19.3. The molecule has 0 aliphatic rings. The standard InChI is InChI=1S/C31H32Cl2N4O4/c1-17(2)15-37(16-18(3)4)30(39)21-10-11-25(22(12-21)31(40)41)35-29(38)20-8-6-19(7-9-20)28-34-26-13-23(32)24(33)14-27(26)36(28)5/h6-14,17-18H,15-16H2,1-5H3,(H,35,38)(H,40,41). The van der Waals surface area contributed by atoms with Crippen molar-refractivity contribution in [1.82, 2.24) is 14.5 Å². The summed E-state index contributed by atoms with van der Waals surface area (Å²) in [7, 11) is 1.86. The molecule has 0 unspecified atom stereocenters. The van der Waals surface area contributed by atoms with Gasteiger partial charge >= 0.3 is 5.97 Å². The van der Waals surface area contributed by atoms with E-state index in [1.807, 2.05) is 39.3 Å². The molecular formula is C31H32Cl2N4O4. The Kier molecular flexibility index (Phi) is 9.05. The maximum absolute atomic E-state index is 13.2. The third kappa shape index (κ3) is 6.72. The number of hydrogen-bond acceptors (Lipinski definition) is 4. The summed E-state index contributed by atoms with van der Waals surface area (Å²) in [6.07, 6.45) is 0. The first kappa shape index (κ1) is 30.1. The molecule has 1 aromatic heterocycles. The zero-order valence-corrected chi connectivity index (χ0v) is 25.0. The molecule has 0 aliphatic heterocycles. The van der Waals surface area contributed by atoms with Gasteiger partial charge in [0.05, 0.1) is 32.3 Å². The minimum Gasteiger partial charge on any atom is -0.478 e. The monoisotopic (exact) mass is 594 g/mol. The smallest absolute Gasteiger partial charge is 0.337 e. The van der Waals surface area contributed by atoms with E-state index < -0.39 is 11.9 Å². The number of benzene rings is 3. The quantitative estimate of drug-likeness (QED) is 0.212. The molecule has 0 saturated carbocycles. The minimum atomic E-state index is -1.24. The molecule has 3 aromatic carbocycles. The molecule has 0 spiro atoms. The highest BCUT2D eigenvalue weighted by atomic mass is 35.5. The normalized spacial score (nSPS) is 11.3. The molecular weight excluding hydrogens is 563 g/mol. The number of fused-ring (bicyclic) bond motifs is 1. The maximum Gasteiger partial charge on any atom is 0.337 e. The van der Waals surface area contributed by atoms with Crippen LogP contribution in [0.4, 0.5) is 5.69 Å². The Hall–Kier alpha value is -3.88. The highest BCUT2D eigenvalue weighted by Crippen LogP contribution is 2.31. The molecule has 41 heavy (non-hydrogen) atoms. The topological polar surface area (TPSA) is 105 Å². The molecule has 214 valence electrons. The van der Waals surface area contributed by atoms with E-state index in [4.69, 9.17) is 23.2 Å². The van der Waals surface area contributed by atoms with Gasteiger partial charge in [-0.2, -0.15) is 0 Å².